The van der Waals surface area contributed by atoms with E-state index in [9.17, 15) is 18.0 Å². The lowest BCUT2D eigenvalue weighted by Crippen LogP contribution is -2.51. The summed E-state index contributed by atoms with van der Waals surface area (Å²) < 4.78 is 29.7. The number of carboxylic acid groups (broad SMARTS) is 1. The van der Waals surface area contributed by atoms with Gasteiger partial charge in [0.15, 0.2) is 0 Å². The van der Waals surface area contributed by atoms with Crippen LogP contribution in [0.25, 0.3) is 0 Å². The molecular formula is C14H26N2O6S. The van der Waals surface area contributed by atoms with Gasteiger partial charge in [-0.1, -0.05) is 20.3 Å². The molecular weight excluding hydrogens is 324 g/mol. The Labute approximate surface area is 137 Å². The summed E-state index contributed by atoms with van der Waals surface area (Å²) in [5, 5.41) is 8.83. The molecule has 0 aromatic heterocycles. The largest absolute Gasteiger partial charge is 0.480 e. The highest BCUT2D eigenvalue weighted by Gasteiger charge is 2.29. The molecule has 9 heteroatoms. The molecule has 134 valence electrons. The molecule has 1 saturated heterocycles. The smallest absolute Gasteiger partial charge is 0.318 e. The van der Waals surface area contributed by atoms with E-state index >= 15 is 0 Å². The van der Waals surface area contributed by atoms with Crippen molar-refractivity contribution in [3.63, 3.8) is 0 Å². The molecule has 0 spiro atoms. The van der Waals surface area contributed by atoms with Crippen LogP contribution in [0.15, 0.2) is 0 Å². The second-order valence-electron chi connectivity index (χ2n) is 6.00. The standard InChI is InChI=1S/C14H26N2O6S/c1-4-11(2)7-13(17)15-5-6-22-12(8-15)9-16(10-14(18)19)23(3,20)21/h11-12H,4-10H2,1-3H3,(H,18,19). The van der Waals surface area contributed by atoms with Crippen LogP contribution < -0.4 is 0 Å². The van der Waals surface area contributed by atoms with Gasteiger partial charge in [0.1, 0.15) is 6.54 Å². The first-order valence-corrected chi connectivity index (χ1v) is 9.54. The first-order chi connectivity index (χ1) is 10.6. The SMILES string of the molecule is CCC(C)CC(=O)N1CCOC(CN(CC(=O)O)S(C)(=O)=O)C1. The Balaban J connectivity index is 2.66. The summed E-state index contributed by atoms with van der Waals surface area (Å²) in [6.07, 6.45) is 1.82. The molecule has 1 heterocycles. The summed E-state index contributed by atoms with van der Waals surface area (Å²) in [7, 11) is -3.65. The highest BCUT2D eigenvalue weighted by Crippen LogP contribution is 2.14. The molecule has 23 heavy (non-hydrogen) atoms. The van der Waals surface area contributed by atoms with Crippen molar-refractivity contribution in [2.75, 3.05) is 39.0 Å². The van der Waals surface area contributed by atoms with E-state index in [1.165, 1.54) is 0 Å². The Morgan fingerprint density at radius 3 is 2.61 bits per heavy atom. The number of hydrogen-bond acceptors (Lipinski definition) is 5. The lowest BCUT2D eigenvalue weighted by Gasteiger charge is -2.35. The highest BCUT2D eigenvalue weighted by molar-refractivity contribution is 7.88. The molecule has 1 aliphatic heterocycles. The minimum atomic E-state index is -3.65. The van der Waals surface area contributed by atoms with Crippen molar-refractivity contribution in [1.29, 1.82) is 0 Å². The summed E-state index contributed by atoms with van der Waals surface area (Å²) in [4.78, 5) is 24.7. The number of carbonyl (C=O) groups excluding carboxylic acids is 1. The van der Waals surface area contributed by atoms with Crippen LogP contribution in [0.2, 0.25) is 0 Å². The van der Waals surface area contributed by atoms with Crippen LogP contribution in [0.3, 0.4) is 0 Å². The summed E-state index contributed by atoms with van der Waals surface area (Å²) in [6.45, 7) is 4.42. The van der Waals surface area contributed by atoms with Crippen molar-refractivity contribution in [2.45, 2.75) is 32.8 Å². The summed E-state index contributed by atoms with van der Waals surface area (Å²) in [6, 6.07) is 0. The predicted octanol–water partition coefficient (Wildman–Crippen LogP) is -0.00380. The van der Waals surface area contributed by atoms with Crippen LogP contribution in [0.5, 0.6) is 0 Å². The molecule has 1 N–H and O–H groups in total. The average molecular weight is 350 g/mol. The van der Waals surface area contributed by atoms with E-state index in [0.717, 1.165) is 17.0 Å². The van der Waals surface area contributed by atoms with Crippen molar-refractivity contribution in [2.24, 2.45) is 5.92 Å². The molecule has 2 unspecified atom stereocenters. The van der Waals surface area contributed by atoms with E-state index in [2.05, 4.69) is 0 Å². The van der Waals surface area contributed by atoms with Crippen LogP contribution in [-0.2, 0) is 24.3 Å². The number of carboxylic acids is 1. The number of nitrogens with zero attached hydrogens (tertiary/aromatic N) is 2. The zero-order valence-electron chi connectivity index (χ0n) is 13.9. The van der Waals surface area contributed by atoms with Crippen LogP contribution in [0, 0.1) is 5.92 Å². The molecule has 1 fully saturated rings. The molecule has 0 bridgehead atoms. The van der Waals surface area contributed by atoms with Crippen LogP contribution in [0.1, 0.15) is 26.7 Å². The molecule has 0 aliphatic carbocycles. The second kappa shape index (κ2) is 8.60. The molecule has 0 saturated carbocycles. The van der Waals surface area contributed by atoms with Gasteiger partial charge in [0.2, 0.25) is 15.9 Å². The van der Waals surface area contributed by atoms with Crippen molar-refractivity contribution in [1.82, 2.24) is 9.21 Å². The monoisotopic (exact) mass is 350 g/mol. The summed E-state index contributed by atoms with van der Waals surface area (Å²) in [5.74, 6) is -0.906. The van der Waals surface area contributed by atoms with Gasteiger partial charge < -0.3 is 14.7 Å². The zero-order chi connectivity index (χ0) is 17.6. The van der Waals surface area contributed by atoms with Crippen molar-refractivity contribution < 1.29 is 27.9 Å². The van der Waals surface area contributed by atoms with Gasteiger partial charge in [-0.25, -0.2) is 8.42 Å². The van der Waals surface area contributed by atoms with Crippen molar-refractivity contribution >= 4 is 21.9 Å². The molecule has 1 aliphatic rings. The number of sulfonamides is 1. The third kappa shape index (κ3) is 6.84. The van der Waals surface area contributed by atoms with E-state index in [1.54, 1.807) is 4.90 Å². The number of hydrogen-bond donors (Lipinski definition) is 1. The number of aliphatic carboxylic acids is 1. The van der Waals surface area contributed by atoms with Crippen molar-refractivity contribution in [3.05, 3.63) is 0 Å². The minimum Gasteiger partial charge on any atom is -0.480 e. The second-order valence-corrected chi connectivity index (χ2v) is 7.98. The maximum Gasteiger partial charge on any atom is 0.318 e. The molecule has 1 rings (SSSR count). The quantitative estimate of drug-likeness (QED) is 0.660. The Morgan fingerprint density at radius 1 is 1.43 bits per heavy atom. The molecule has 0 aromatic rings. The third-order valence-electron chi connectivity index (χ3n) is 3.90. The minimum absolute atomic E-state index is 0.0248. The maximum atomic E-state index is 12.2. The Morgan fingerprint density at radius 2 is 2.09 bits per heavy atom. The highest BCUT2D eigenvalue weighted by atomic mass is 32.2. The molecule has 2 atom stereocenters. The predicted molar refractivity (Wildman–Crippen MR) is 84.4 cm³/mol. The first kappa shape index (κ1) is 19.9. The Kier molecular flexibility index (Phi) is 7.43. The van der Waals surface area contributed by atoms with Gasteiger partial charge in [-0.2, -0.15) is 4.31 Å². The zero-order valence-corrected chi connectivity index (χ0v) is 14.7. The summed E-state index contributed by atoms with van der Waals surface area (Å²) in [5.41, 5.74) is 0. The van der Waals surface area contributed by atoms with Crippen LogP contribution in [0.4, 0.5) is 0 Å². The number of amides is 1. The Hall–Kier alpha value is -1.19. The number of morpholine rings is 1. The van der Waals surface area contributed by atoms with E-state index in [1.807, 2.05) is 13.8 Å². The fraction of sp³-hybridized carbons (Fsp3) is 0.857. The molecule has 1 amide bonds. The third-order valence-corrected chi connectivity index (χ3v) is 5.12. The normalized spacial score (nSPS) is 20.5. The van der Waals surface area contributed by atoms with Gasteiger partial charge in [-0.3, -0.25) is 9.59 Å². The van der Waals surface area contributed by atoms with E-state index in [-0.39, 0.29) is 19.0 Å². The van der Waals surface area contributed by atoms with E-state index in [0.29, 0.717) is 25.5 Å². The average Bonchev–Trinajstić information content (AvgIpc) is 2.45. The number of ether oxygens (including phenoxy) is 1. The van der Waals surface area contributed by atoms with Gasteiger partial charge in [0.05, 0.1) is 19.0 Å². The van der Waals surface area contributed by atoms with Crippen LogP contribution >= 0.6 is 0 Å². The Bertz CT molecular complexity index is 521. The fourth-order valence-electron chi connectivity index (χ4n) is 2.32. The van der Waals surface area contributed by atoms with Gasteiger partial charge in [0.25, 0.3) is 0 Å². The lowest BCUT2D eigenvalue weighted by molar-refractivity contribution is -0.142. The number of carbonyl (C=O) groups is 2. The van der Waals surface area contributed by atoms with Gasteiger partial charge >= 0.3 is 5.97 Å². The van der Waals surface area contributed by atoms with E-state index in [4.69, 9.17) is 9.84 Å². The van der Waals surface area contributed by atoms with Crippen molar-refractivity contribution in [3.8, 4) is 0 Å². The number of rotatable bonds is 8. The molecule has 0 aromatic carbocycles. The van der Waals surface area contributed by atoms with Crippen LogP contribution in [-0.4, -0.2) is 79.8 Å². The molecule has 8 nitrogen and oxygen atoms in total. The fourth-order valence-corrected chi connectivity index (χ4v) is 3.11. The van der Waals surface area contributed by atoms with E-state index < -0.39 is 28.6 Å². The van der Waals surface area contributed by atoms with Gasteiger partial charge in [-0.05, 0) is 5.92 Å². The topological polar surface area (TPSA) is 104 Å². The first-order valence-electron chi connectivity index (χ1n) is 7.69. The lowest BCUT2D eigenvalue weighted by atomic mass is 10.0. The summed E-state index contributed by atoms with van der Waals surface area (Å²) >= 11 is 0. The van der Waals surface area contributed by atoms with Gasteiger partial charge in [-0.15, -0.1) is 0 Å². The van der Waals surface area contributed by atoms with Gasteiger partial charge in [0, 0.05) is 26.1 Å². The molecule has 0 radical (unpaired) electrons. The maximum absolute atomic E-state index is 12.2.